The third-order valence-corrected chi connectivity index (χ3v) is 11.5. The summed E-state index contributed by atoms with van der Waals surface area (Å²) in [5, 5.41) is 19.7. The molecular formula is C31H36ClN7O3S2. The van der Waals surface area contributed by atoms with Crippen molar-refractivity contribution in [1.82, 2.24) is 30.7 Å². The second kappa shape index (κ2) is 13.0. The van der Waals surface area contributed by atoms with Crippen LogP contribution in [0.5, 0.6) is 0 Å². The molecule has 0 aliphatic carbocycles. The van der Waals surface area contributed by atoms with Crippen molar-refractivity contribution < 1.29 is 14.4 Å². The van der Waals surface area contributed by atoms with E-state index in [1.807, 2.05) is 47.5 Å². The van der Waals surface area contributed by atoms with Gasteiger partial charge in [-0.1, -0.05) is 30.2 Å². The summed E-state index contributed by atoms with van der Waals surface area (Å²) >= 11 is 9.75. The summed E-state index contributed by atoms with van der Waals surface area (Å²) in [4.78, 5) is 43.6. The maximum Gasteiger partial charge on any atom is 0.315 e. The Morgan fingerprint density at radius 3 is 2.68 bits per heavy atom. The van der Waals surface area contributed by atoms with Gasteiger partial charge in [-0.3, -0.25) is 19.1 Å². The molecule has 0 saturated carbocycles. The molecule has 1 aromatic carbocycles. The van der Waals surface area contributed by atoms with Crippen molar-refractivity contribution in [3.63, 3.8) is 0 Å². The Balaban J connectivity index is 1.06. The molecule has 232 valence electrons. The third kappa shape index (κ3) is 6.29. The number of carbonyl (C=O) groups is 3. The van der Waals surface area contributed by atoms with Gasteiger partial charge in [-0.15, -0.1) is 21.5 Å². The van der Waals surface area contributed by atoms with Gasteiger partial charge in [0, 0.05) is 51.4 Å². The summed E-state index contributed by atoms with van der Waals surface area (Å²) in [5.74, 6) is 2.25. The Bertz CT molecular complexity index is 1620. The quantitative estimate of drug-likeness (QED) is 0.197. The van der Waals surface area contributed by atoms with E-state index in [1.54, 1.807) is 11.3 Å². The van der Waals surface area contributed by atoms with Gasteiger partial charge >= 0.3 is 6.03 Å². The van der Waals surface area contributed by atoms with Crippen LogP contribution in [-0.4, -0.2) is 67.8 Å². The van der Waals surface area contributed by atoms with Crippen LogP contribution in [0.15, 0.2) is 29.3 Å². The van der Waals surface area contributed by atoms with E-state index in [4.69, 9.17) is 16.6 Å². The molecule has 3 amide bonds. The Morgan fingerprint density at radius 2 is 1.89 bits per heavy atom. The number of amides is 3. The minimum Gasteiger partial charge on any atom is -0.356 e. The molecule has 2 saturated heterocycles. The molecule has 3 aliphatic heterocycles. The first-order valence-corrected chi connectivity index (χ1v) is 17.3. The lowest BCUT2D eigenvalue weighted by molar-refractivity contribution is -0.122. The van der Waals surface area contributed by atoms with Gasteiger partial charge in [-0.05, 0) is 51.3 Å². The van der Waals surface area contributed by atoms with E-state index < -0.39 is 6.04 Å². The smallest absolute Gasteiger partial charge is 0.315 e. The molecule has 0 spiro atoms. The van der Waals surface area contributed by atoms with Crippen LogP contribution in [0.2, 0.25) is 5.02 Å². The Morgan fingerprint density at radius 1 is 1.09 bits per heavy atom. The van der Waals surface area contributed by atoms with Gasteiger partial charge in [0.25, 0.3) is 0 Å². The van der Waals surface area contributed by atoms with E-state index >= 15 is 0 Å². The number of rotatable bonds is 11. The molecule has 3 aromatic rings. The van der Waals surface area contributed by atoms with Crippen molar-refractivity contribution >= 4 is 58.1 Å². The highest BCUT2D eigenvalue weighted by Gasteiger charge is 2.42. The summed E-state index contributed by atoms with van der Waals surface area (Å²) in [6, 6.07) is 7.38. The van der Waals surface area contributed by atoms with Crippen LogP contribution in [0, 0.1) is 20.8 Å². The first kappa shape index (κ1) is 30.8. The molecule has 2 aromatic heterocycles. The molecule has 2 fully saturated rings. The molecule has 0 radical (unpaired) electrons. The number of carbonyl (C=O) groups excluding carboxylic acids is 3. The number of fused-ring (bicyclic) bond motifs is 4. The van der Waals surface area contributed by atoms with Crippen LogP contribution in [0.25, 0.3) is 5.00 Å². The first-order chi connectivity index (χ1) is 21.2. The van der Waals surface area contributed by atoms with Crippen LogP contribution in [-0.2, 0) is 9.59 Å². The molecule has 6 rings (SSSR count). The molecule has 3 N–H and O–H groups in total. The second-order valence-electron chi connectivity index (χ2n) is 11.6. The zero-order valence-corrected chi connectivity index (χ0v) is 27.4. The normalized spacial score (nSPS) is 21.9. The van der Waals surface area contributed by atoms with Crippen molar-refractivity contribution in [3.8, 4) is 5.00 Å². The van der Waals surface area contributed by atoms with Crippen LogP contribution < -0.4 is 16.0 Å². The van der Waals surface area contributed by atoms with Crippen molar-refractivity contribution in [2.24, 2.45) is 4.99 Å². The standard InChI is InChI=1S/C31H36ClN7O3S2/c1-16-17(2)44-30-26(16)27(19-8-10-20(32)11-9-19)34-22(29-38-37-18(3)39(29)30)14-25(41)33-13-12-21(40)6-4-5-7-24-28-23(15-43-24)35-31(42)36-28/h8-11,22-24,28H,4-7,12-15H2,1-3H3,(H,33,41)(H2,35,36,42)/t22?,23?,24-,28?/m0/s1. The summed E-state index contributed by atoms with van der Waals surface area (Å²) in [6.45, 7) is 6.38. The number of hydrogen-bond donors (Lipinski definition) is 3. The fourth-order valence-electron chi connectivity index (χ4n) is 6.16. The molecule has 4 atom stereocenters. The van der Waals surface area contributed by atoms with Gasteiger partial charge in [0.1, 0.15) is 22.7 Å². The molecule has 13 heteroatoms. The molecule has 0 bridgehead atoms. The van der Waals surface area contributed by atoms with Crippen molar-refractivity contribution in [2.45, 2.75) is 82.7 Å². The zero-order valence-electron chi connectivity index (χ0n) is 25.0. The molecule has 3 aliphatic rings. The number of benzene rings is 1. The van der Waals surface area contributed by atoms with Gasteiger partial charge in [0.05, 0.1) is 24.2 Å². The van der Waals surface area contributed by atoms with Crippen LogP contribution in [0.1, 0.15) is 77.8 Å². The Labute approximate surface area is 269 Å². The van der Waals surface area contributed by atoms with Crippen molar-refractivity contribution in [3.05, 3.63) is 62.5 Å². The number of thiophene rings is 1. The number of aliphatic imine (C=N–C) groups is 1. The van der Waals surface area contributed by atoms with Crippen molar-refractivity contribution in [1.29, 1.82) is 0 Å². The second-order valence-corrected chi connectivity index (χ2v) is 14.5. The zero-order chi connectivity index (χ0) is 31.0. The first-order valence-electron chi connectivity index (χ1n) is 15.0. The van der Waals surface area contributed by atoms with Gasteiger partial charge in [0.2, 0.25) is 5.91 Å². The monoisotopic (exact) mass is 653 g/mol. The van der Waals surface area contributed by atoms with E-state index in [-0.39, 0.29) is 42.8 Å². The molecule has 44 heavy (non-hydrogen) atoms. The summed E-state index contributed by atoms with van der Waals surface area (Å²) < 4.78 is 2.02. The fourth-order valence-corrected chi connectivity index (χ4v) is 9.04. The van der Waals surface area contributed by atoms with Crippen LogP contribution in [0.4, 0.5) is 4.79 Å². The lowest BCUT2D eigenvalue weighted by atomic mass is 9.99. The summed E-state index contributed by atoms with van der Waals surface area (Å²) in [6.07, 6.45) is 3.60. The molecular weight excluding hydrogens is 618 g/mol. The van der Waals surface area contributed by atoms with Crippen LogP contribution in [0.3, 0.4) is 0 Å². The largest absolute Gasteiger partial charge is 0.356 e. The minimum absolute atomic E-state index is 0.0750. The number of aromatic nitrogens is 3. The number of nitrogens with zero attached hydrogens (tertiary/aromatic N) is 4. The fraction of sp³-hybridized carbons (Fsp3) is 0.484. The van der Waals surface area contributed by atoms with Gasteiger partial charge < -0.3 is 16.0 Å². The maximum absolute atomic E-state index is 13.2. The number of urea groups is 1. The Kier molecular flexibility index (Phi) is 9.11. The predicted molar refractivity (Wildman–Crippen MR) is 174 cm³/mol. The molecule has 5 heterocycles. The number of unbranched alkanes of at least 4 members (excludes halogenated alkanes) is 1. The predicted octanol–water partition coefficient (Wildman–Crippen LogP) is 4.99. The minimum atomic E-state index is -0.551. The lowest BCUT2D eigenvalue weighted by Gasteiger charge is -2.16. The highest BCUT2D eigenvalue weighted by molar-refractivity contribution is 8.00. The number of aryl methyl sites for hydroxylation is 2. The maximum atomic E-state index is 13.2. The summed E-state index contributed by atoms with van der Waals surface area (Å²) in [7, 11) is 0. The highest BCUT2D eigenvalue weighted by Crippen LogP contribution is 2.39. The SMILES string of the molecule is Cc1sc2c(c1C)C(c1ccc(Cl)cc1)=NC(CC(=O)NCCC(=O)CCCC[C@@H]1SCC3NC(=O)NC31)c1nnc(C)n1-2. The average Bonchev–Trinajstić information content (AvgIpc) is 3.71. The number of thioether (sulfide) groups is 1. The number of halogens is 1. The van der Waals surface area contributed by atoms with Crippen LogP contribution >= 0.6 is 34.7 Å². The van der Waals surface area contributed by atoms with E-state index in [2.05, 4.69) is 40.0 Å². The molecule has 10 nitrogen and oxygen atoms in total. The van der Waals surface area contributed by atoms with Crippen molar-refractivity contribution in [2.75, 3.05) is 12.3 Å². The Hall–Kier alpha value is -3.22. The number of hydrogen-bond acceptors (Lipinski definition) is 8. The van der Waals surface area contributed by atoms with Gasteiger partial charge in [-0.25, -0.2) is 4.79 Å². The van der Waals surface area contributed by atoms with E-state index in [9.17, 15) is 14.4 Å². The van der Waals surface area contributed by atoms with E-state index in [0.29, 0.717) is 28.9 Å². The van der Waals surface area contributed by atoms with E-state index in [1.165, 1.54) is 4.88 Å². The topological polar surface area (TPSA) is 130 Å². The average molecular weight is 654 g/mol. The highest BCUT2D eigenvalue weighted by atomic mass is 35.5. The number of nitrogens with one attached hydrogen (secondary N) is 3. The third-order valence-electron chi connectivity index (χ3n) is 8.59. The lowest BCUT2D eigenvalue weighted by Crippen LogP contribution is -2.36. The van der Waals surface area contributed by atoms with Gasteiger partial charge in [0.15, 0.2) is 5.82 Å². The summed E-state index contributed by atoms with van der Waals surface area (Å²) in [5.41, 5.74) is 3.87. The number of Topliss-reactive ketones (excluding diaryl/α,β-unsaturated/α-hetero) is 1. The molecule has 3 unspecified atom stereocenters. The number of ketones is 1. The van der Waals surface area contributed by atoms with Gasteiger partial charge in [-0.2, -0.15) is 11.8 Å². The van der Waals surface area contributed by atoms with E-state index in [0.717, 1.165) is 58.2 Å².